The molecule has 3 N–H and O–H groups in total. The second kappa shape index (κ2) is 4.17. The Morgan fingerprint density at radius 2 is 2.18 bits per heavy atom. The Bertz CT molecular complexity index is 621. The van der Waals surface area contributed by atoms with E-state index >= 15 is 0 Å². The smallest absolute Gasteiger partial charge is 0.284 e. The van der Waals surface area contributed by atoms with Gasteiger partial charge in [0.2, 0.25) is 0 Å². The number of nitrogens with zero attached hydrogens (tertiary/aromatic N) is 1. The zero-order valence-electron chi connectivity index (χ0n) is 8.78. The molecule has 0 saturated carbocycles. The molecular formula is C10H8BrN3O3. The van der Waals surface area contributed by atoms with Crippen LogP contribution in [0.4, 0.5) is 0 Å². The van der Waals surface area contributed by atoms with Gasteiger partial charge in [0.1, 0.15) is 4.60 Å². The molecule has 0 aliphatic rings. The van der Waals surface area contributed by atoms with Crippen molar-refractivity contribution < 1.29 is 14.0 Å². The molecular weight excluding hydrogens is 290 g/mol. The van der Waals surface area contributed by atoms with Crippen molar-refractivity contribution >= 4 is 38.7 Å². The van der Waals surface area contributed by atoms with Gasteiger partial charge in [-0.1, -0.05) is 0 Å². The normalized spacial score (nSPS) is 10.5. The number of aromatic nitrogens is 1. The summed E-state index contributed by atoms with van der Waals surface area (Å²) in [7, 11) is 1.48. The Balaban J connectivity index is 2.74. The molecule has 0 fully saturated rings. The van der Waals surface area contributed by atoms with Gasteiger partial charge in [-0.2, -0.15) is 0 Å². The molecule has 2 amide bonds. The number of hydrogen-bond donors (Lipinski definition) is 2. The van der Waals surface area contributed by atoms with Crippen LogP contribution in [0.2, 0.25) is 0 Å². The molecule has 7 heteroatoms. The van der Waals surface area contributed by atoms with Crippen molar-refractivity contribution in [1.82, 2.24) is 10.3 Å². The highest BCUT2D eigenvalue weighted by atomic mass is 79.9. The number of carbonyl (C=O) groups excluding carboxylic acids is 2. The average molecular weight is 298 g/mol. The van der Waals surface area contributed by atoms with Crippen LogP contribution in [0.5, 0.6) is 0 Å². The topological polar surface area (TPSA) is 98.2 Å². The molecule has 2 aromatic rings. The quantitative estimate of drug-likeness (QED) is 0.809. The van der Waals surface area contributed by atoms with Gasteiger partial charge in [0.05, 0.1) is 0 Å². The second-order valence-corrected chi connectivity index (χ2v) is 4.08. The van der Waals surface area contributed by atoms with Gasteiger partial charge in [0.15, 0.2) is 17.0 Å². The molecule has 0 unspecified atom stereocenters. The average Bonchev–Trinajstić information content (AvgIpc) is 2.70. The van der Waals surface area contributed by atoms with Crippen LogP contribution >= 0.6 is 15.9 Å². The zero-order chi connectivity index (χ0) is 12.6. The SMILES string of the molecule is CNC(=O)c1nc(Br)cc2cc(C(N)=O)oc12. The maximum atomic E-state index is 11.6. The van der Waals surface area contributed by atoms with Gasteiger partial charge >= 0.3 is 0 Å². The molecule has 0 radical (unpaired) electrons. The lowest BCUT2D eigenvalue weighted by Crippen LogP contribution is -2.19. The van der Waals surface area contributed by atoms with Crippen LogP contribution in [-0.4, -0.2) is 23.8 Å². The van der Waals surface area contributed by atoms with Crippen molar-refractivity contribution in [2.75, 3.05) is 7.05 Å². The standard InChI is InChI=1S/C10H8BrN3O3/c1-13-10(16)7-8-4(3-6(11)14-7)2-5(17-8)9(12)15/h2-3H,1H3,(H2,12,15)(H,13,16). The first kappa shape index (κ1) is 11.6. The molecule has 0 atom stereocenters. The maximum Gasteiger partial charge on any atom is 0.284 e. The molecule has 0 spiro atoms. The number of rotatable bonds is 2. The zero-order valence-corrected chi connectivity index (χ0v) is 10.4. The van der Waals surface area contributed by atoms with Crippen LogP contribution in [0.1, 0.15) is 21.0 Å². The van der Waals surface area contributed by atoms with Gasteiger partial charge in [-0.3, -0.25) is 9.59 Å². The molecule has 6 nitrogen and oxygen atoms in total. The first-order valence-corrected chi connectivity index (χ1v) is 5.44. The van der Waals surface area contributed by atoms with Gasteiger partial charge in [-0.05, 0) is 28.1 Å². The van der Waals surface area contributed by atoms with E-state index in [0.29, 0.717) is 9.99 Å². The number of carbonyl (C=O) groups is 2. The minimum atomic E-state index is -0.694. The highest BCUT2D eigenvalue weighted by molar-refractivity contribution is 9.10. The number of furan rings is 1. The van der Waals surface area contributed by atoms with Gasteiger partial charge < -0.3 is 15.5 Å². The number of fused-ring (bicyclic) bond motifs is 1. The molecule has 0 aromatic carbocycles. The van der Waals surface area contributed by atoms with Crippen LogP contribution in [0.15, 0.2) is 21.2 Å². The number of amides is 2. The lowest BCUT2D eigenvalue weighted by Gasteiger charge is -2.00. The van der Waals surface area contributed by atoms with Crippen LogP contribution < -0.4 is 11.1 Å². The van der Waals surface area contributed by atoms with Gasteiger partial charge in [-0.25, -0.2) is 4.98 Å². The Morgan fingerprint density at radius 1 is 1.47 bits per heavy atom. The van der Waals surface area contributed by atoms with Gasteiger partial charge in [0, 0.05) is 12.4 Å². The number of nitrogens with one attached hydrogen (secondary N) is 1. The summed E-state index contributed by atoms with van der Waals surface area (Å²) in [6.45, 7) is 0. The summed E-state index contributed by atoms with van der Waals surface area (Å²) in [4.78, 5) is 26.6. The van der Waals surface area contributed by atoms with E-state index in [1.807, 2.05) is 0 Å². The van der Waals surface area contributed by atoms with E-state index in [1.54, 1.807) is 6.07 Å². The van der Waals surface area contributed by atoms with E-state index in [-0.39, 0.29) is 17.0 Å². The molecule has 0 aliphatic carbocycles. The Kier molecular flexibility index (Phi) is 2.84. The van der Waals surface area contributed by atoms with Crippen molar-refractivity contribution in [3.8, 4) is 0 Å². The second-order valence-electron chi connectivity index (χ2n) is 3.27. The van der Waals surface area contributed by atoms with E-state index < -0.39 is 11.8 Å². The largest absolute Gasteiger partial charge is 0.448 e. The Morgan fingerprint density at radius 3 is 2.76 bits per heavy atom. The fourth-order valence-corrected chi connectivity index (χ4v) is 1.83. The molecule has 0 bridgehead atoms. The molecule has 88 valence electrons. The molecule has 2 aromatic heterocycles. The van der Waals surface area contributed by atoms with Crippen molar-refractivity contribution in [1.29, 1.82) is 0 Å². The van der Waals surface area contributed by atoms with Crippen molar-refractivity contribution in [2.45, 2.75) is 0 Å². The summed E-state index contributed by atoms with van der Waals surface area (Å²) in [5.74, 6) is -1.10. The summed E-state index contributed by atoms with van der Waals surface area (Å²) in [6, 6.07) is 3.11. The number of pyridine rings is 1. The lowest BCUT2D eigenvalue weighted by atomic mass is 10.2. The van der Waals surface area contributed by atoms with E-state index in [9.17, 15) is 9.59 Å². The summed E-state index contributed by atoms with van der Waals surface area (Å²) in [5.41, 5.74) is 5.45. The first-order chi connectivity index (χ1) is 8.02. The van der Waals surface area contributed by atoms with Crippen LogP contribution in [0.25, 0.3) is 11.0 Å². The summed E-state index contributed by atoms with van der Waals surface area (Å²) < 4.78 is 5.69. The minimum Gasteiger partial charge on any atom is -0.448 e. The summed E-state index contributed by atoms with van der Waals surface area (Å²) >= 11 is 3.18. The summed E-state index contributed by atoms with van der Waals surface area (Å²) in [5, 5.41) is 3.02. The first-order valence-electron chi connectivity index (χ1n) is 4.65. The van der Waals surface area contributed by atoms with E-state index in [2.05, 4.69) is 26.2 Å². The predicted octanol–water partition coefficient (Wildman–Crippen LogP) is 1.05. The molecule has 0 saturated heterocycles. The third kappa shape index (κ3) is 2.01. The summed E-state index contributed by atoms with van der Waals surface area (Å²) in [6.07, 6.45) is 0. The third-order valence-corrected chi connectivity index (χ3v) is 2.56. The number of hydrogen-bond acceptors (Lipinski definition) is 4. The van der Waals surface area contributed by atoms with E-state index in [0.717, 1.165) is 0 Å². The molecule has 2 rings (SSSR count). The monoisotopic (exact) mass is 297 g/mol. The van der Waals surface area contributed by atoms with Crippen LogP contribution in [0, 0.1) is 0 Å². The molecule has 17 heavy (non-hydrogen) atoms. The van der Waals surface area contributed by atoms with Gasteiger partial charge in [-0.15, -0.1) is 0 Å². The molecule has 0 aliphatic heterocycles. The highest BCUT2D eigenvalue weighted by Gasteiger charge is 2.18. The van der Waals surface area contributed by atoms with E-state index in [4.69, 9.17) is 10.2 Å². The van der Waals surface area contributed by atoms with Crippen molar-refractivity contribution in [3.63, 3.8) is 0 Å². The van der Waals surface area contributed by atoms with E-state index in [1.165, 1.54) is 13.1 Å². The van der Waals surface area contributed by atoms with Crippen molar-refractivity contribution in [2.24, 2.45) is 5.73 Å². The molecule has 2 heterocycles. The minimum absolute atomic E-state index is 0.00921. The Hall–Kier alpha value is -1.89. The number of primary amides is 1. The fourth-order valence-electron chi connectivity index (χ4n) is 1.41. The van der Waals surface area contributed by atoms with Gasteiger partial charge in [0.25, 0.3) is 11.8 Å². The van der Waals surface area contributed by atoms with Crippen molar-refractivity contribution in [3.05, 3.63) is 28.2 Å². The third-order valence-electron chi connectivity index (χ3n) is 2.15. The number of nitrogens with two attached hydrogens (primary N) is 1. The maximum absolute atomic E-state index is 11.6. The fraction of sp³-hybridized carbons (Fsp3) is 0.100. The highest BCUT2D eigenvalue weighted by Crippen LogP contribution is 2.24. The Labute approximate surface area is 104 Å². The lowest BCUT2D eigenvalue weighted by molar-refractivity contribution is 0.0950. The number of halogens is 1. The van der Waals surface area contributed by atoms with Crippen LogP contribution in [0.3, 0.4) is 0 Å². The van der Waals surface area contributed by atoms with Crippen LogP contribution in [-0.2, 0) is 0 Å². The predicted molar refractivity (Wildman–Crippen MR) is 63.6 cm³/mol.